The fraction of sp³-hybridized carbons (Fsp3) is 1.00. The Bertz CT molecular complexity index is 77.0. The zero-order valence-electron chi connectivity index (χ0n) is 6.74. The Labute approximate surface area is 65.2 Å². The van der Waals surface area contributed by atoms with Crippen LogP contribution in [0.2, 0.25) is 19.1 Å². The van der Waals surface area contributed by atoms with Crippen LogP contribution >= 0.6 is 0 Å². The molecule has 0 aromatic rings. The number of hydrogen-bond acceptors (Lipinski definition) is 3. The monoisotopic (exact) mass is 180 g/mol. The van der Waals surface area contributed by atoms with Crippen LogP contribution in [-0.4, -0.2) is 34.0 Å². The van der Waals surface area contributed by atoms with Gasteiger partial charge < -0.3 is 14.0 Å². The van der Waals surface area contributed by atoms with Gasteiger partial charge in [-0.1, -0.05) is 0 Å². The van der Waals surface area contributed by atoms with Gasteiger partial charge in [0.2, 0.25) is 0 Å². The third-order valence-corrected chi connectivity index (χ3v) is 3.31. The van der Waals surface area contributed by atoms with Crippen molar-refractivity contribution in [1.82, 2.24) is 0 Å². The summed E-state index contributed by atoms with van der Waals surface area (Å²) in [5.74, 6) is 0. The van der Waals surface area contributed by atoms with Gasteiger partial charge in [-0.25, -0.2) is 0 Å². The van der Waals surface area contributed by atoms with E-state index in [2.05, 4.69) is 0 Å². The fourth-order valence-corrected chi connectivity index (χ4v) is 2.95. The SMILES string of the molecule is CC(C[SiH](C)O)O[SiH](C)O. The van der Waals surface area contributed by atoms with Crippen molar-refractivity contribution in [3.8, 4) is 0 Å². The largest absolute Gasteiger partial charge is 0.435 e. The standard InChI is InChI=1S/C5H16O3Si2/c1-5(4-9(2)6)8-10(3)7/h5-7,9-10H,4H2,1-3H3. The van der Waals surface area contributed by atoms with E-state index in [-0.39, 0.29) is 6.10 Å². The molecular formula is C5H16O3Si2. The van der Waals surface area contributed by atoms with Crippen LogP contribution in [0.3, 0.4) is 0 Å². The fourth-order valence-electron chi connectivity index (χ4n) is 0.872. The molecule has 10 heavy (non-hydrogen) atoms. The Hall–Kier alpha value is 0.314. The highest BCUT2D eigenvalue weighted by atomic mass is 28.3. The molecule has 0 amide bonds. The topological polar surface area (TPSA) is 49.7 Å². The zero-order chi connectivity index (χ0) is 8.15. The molecule has 0 radical (unpaired) electrons. The van der Waals surface area contributed by atoms with Gasteiger partial charge in [-0.15, -0.1) is 0 Å². The van der Waals surface area contributed by atoms with Crippen LogP contribution in [0.25, 0.3) is 0 Å². The van der Waals surface area contributed by atoms with Crippen LogP contribution in [0.4, 0.5) is 0 Å². The van der Waals surface area contributed by atoms with Crippen LogP contribution < -0.4 is 0 Å². The first kappa shape index (κ1) is 10.3. The molecule has 3 nitrogen and oxygen atoms in total. The molecule has 0 spiro atoms. The molecule has 0 aliphatic rings. The molecule has 0 heterocycles. The summed E-state index contributed by atoms with van der Waals surface area (Å²) < 4.78 is 5.13. The maximum Gasteiger partial charge on any atom is 0.315 e. The van der Waals surface area contributed by atoms with Gasteiger partial charge in [-0.05, 0) is 26.1 Å². The Kier molecular flexibility index (Phi) is 5.19. The van der Waals surface area contributed by atoms with E-state index in [1.807, 2.05) is 13.5 Å². The van der Waals surface area contributed by atoms with Crippen molar-refractivity contribution in [3.63, 3.8) is 0 Å². The van der Waals surface area contributed by atoms with Crippen molar-refractivity contribution in [3.05, 3.63) is 0 Å². The van der Waals surface area contributed by atoms with Crippen molar-refractivity contribution in [2.24, 2.45) is 0 Å². The molecule has 62 valence electrons. The molecule has 5 heteroatoms. The van der Waals surface area contributed by atoms with Crippen LogP contribution in [0.15, 0.2) is 0 Å². The highest BCUT2D eigenvalue weighted by Gasteiger charge is 2.10. The van der Waals surface area contributed by atoms with Crippen molar-refractivity contribution < 1.29 is 14.0 Å². The maximum absolute atomic E-state index is 9.03. The molecule has 3 unspecified atom stereocenters. The maximum atomic E-state index is 9.03. The van der Waals surface area contributed by atoms with Crippen molar-refractivity contribution in [1.29, 1.82) is 0 Å². The highest BCUT2D eigenvalue weighted by Crippen LogP contribution is 2.01. The van der Waals surface area contributed by atoms with Crippen LogP contribution in [0, 0.1) is 0 Å². The summed E-state index contributed by atoms with van der Waals surface area (Å²) in [6.45, 7) is 5.45. The van der Waals surface area contributed by atoms with Gasteiger partial charge in [0.25, 0.3) is 0 Å². The smallest absolute Gasteiger partial charge is 0.315 e. The first-order chi connectivity index (χ1) is 4.52. The molecule has 0 saturated carbocycles. The lowest BCUT2D eigenvalue weighted by Gasteiger charge is -2.14. The van der Waals surface area contributed by atoms with E-state index in [0.29, 0.717) is 0 Å². The summed E-state index contributed by atoms with van der Waals surface area (Å²) >= 11 is 0. The third-order valence-electron chi connectivity index (χ3n) is 1.10. The quantitative estimate of drug-likeness (QED) is 0.578. The van der Waals surface area contributed by atoms with E-state index >= 15 is 0 Å². The Morgan fingerprint density at radius 3 is 2.20 bits per heavy atom. The predicted octanol–water partition coefficient (Wildman–Crippen LogP) is -0.420. The predicted molar refractivity (Wildman–Crippen MR) is 45.8 cm³/mol. The minimum Gasteiger partial charge on any atom is -0.435 e. The summed E-state index contributed by atoms with van der Waals surface area (Å²) in [7, 11) is -3.38. The average Bonchev–Trinajstić information content (AvgIpc) is 1.58. The van der Waals surface area contributed by atoms with E-state index in [1.54, 1.807) is 6.55 Å². The Morgan fingerprint density at radius 2 is 1.90 bits per heavy atom. The van der Waals surface area contributed by atoms with Crippen LogP contribution in [0.5, 0.6) is 0 Å². The molecule has 0 saturated heterocycles. The molecule has 0 fully saturated rings. The Morgan fingerprint density at radius 1 is 1.40 bits per heavy atom. The van der Waals surface area contributed by atoms with E-state index in [4.69, 9.17) is 14.0 Å². The molecule has 2 N–H and O–H groups in total. The second-order valence-electron chi connectivity index (χ2n) is 2.63. The number of hydrogen-bond donors (Lipinski definition) is 2. The second-order valence-corrected chi connectivity index (χ2v) is 6.27. The normalized spacial score (nSPS) is 20.1. The lowest BCUT2D eigenvalue weighted by atomic mass is 10.5. The minimum atomic E-state index is -1.88. The second kappa shape index (κ2) is 5.03. The van der Waals surface area contributed by atoms with Gasteiger partial charge in [-0.2, -0.15) is 0 Å². The van der Waals surface area contributed by atoms with Crippen molar-refractivity contribution >= 4 is 18.3 Å². The summed E-state index contributed by atoms with van der Waals surface area (Å²) in [6.07, 6.45) is 0.0401. The highest BCUT2D eigenvalue weighted by molar-refractivity contribution is 6.49. The summed E-state index contributed by atoms with van der Waals surface area (Å²) in [4.78, 5) is 17.9. The lowest BCUT2D eigenvalue weighted by molar-refractivity contribution is 0.199. The molecule has 0 aliphatic heterocycles. The third kappa shape index (κ3) is 6.43. The molecule has 0 aliphatic carbocycles. The van der Waals surface area contributed by atoms with E-state index < -0.39 is 18.3 Å². The summed E-state index contributed by atoms with van der Waals surface area (Å²) in [5, 5.41) is 0. The van der Waals surface area contributed by atoms with Gasteiger partial charge in [0.15, 0.2) is 9.04 Å². The van der Waals surface area contributed by atoms with Gasteiger partial charge >= 0.3 is 9.28 Å². The molecule has 0 rings (SSSR count). The van der Waals surface area contributed by atoms with Crippen molar-refractivity contribution in [2.45, 2.75) is 32.2 Å². The van der Waals surface area contributed by atoms with Gasteiger partial charge in [0.05, 0.1) is 0 Å². The van der Waals surface area contributed by atoms with E-state index in [9.17, 15) is 0 Å². The first-order valence-corrected chi connectivity index (χ1v) is 8.17. The molecule has 0 bridgehead atoms. The lowest BCUT2D eigenvalue weighted by Crippen LogP contribution is -2.24. The molecule has 0 aromatic heterocycles. The molecular weight excluding hydrogens is 164 g/mol. The number of rotatable bonds is 4. The van der Waals surface area contributed by atoms with Gasteiger partial charge in [0, 0.05) is 6.10 Å². The molecule has 3 atom stereocenters. The van der Waals surface area contributed by atoms with E-state index in [0.717, 1.165) is 6.04 Å². The first-order valence-electron chi connectivity index (χ1n) is 3.54. The zero-order valence-corrected chi connectivity index (χ0v) is 9.05. The summed E-state index contributed by atoms with van der Waals surface area (Å²) in [5.41, 5.74) is 0. The minimum absolute atomic E-state index is 0.0401. The Balaban J connectivity index is 3.34. The average molecular weight is 180 g/mol. The molecule has 0 aromatic carbocycles. The van der Waals surface area contributed by atoms with Gasteiger partial charge in [0.1, 0.15) is 0 Å². The van der Waals surface area contributed by atoms with Crippen LogP contribution in [-0.2, 0) is 4.43 Å². The van der Waals surface area contributed by atoms with E-state index in [1.165, 1.54) is 0 Å². The van der Waals surface area contributed by atoms with Crippen LogP contribution in [0.1, 0.15) is 6.92 Å². The van der Waals surface area contributed by atoms with Crippen molar-refractivity contribution in [2.75, 3.05) is 0 Å². The van der Waals surface area contributed by atoms with Gasteiger partial charge in [-0.3, -0.25) is 0 Å². The summed E-state index contributed by atoms with van der Waals surface area (Å²) in [6, 6.07) is 0.734.